The molecule has 2 atom stereocenters. The number of primary amides is 1. The minimum Gasteiger partial charge on any atom is -0.535 e. The van der Waals surface area contributed by atoms with Gasteiger partial charge in [0.05, 0.1) is 25.6 Å². The van der Waals surface area contributed by atoms with Gasteiger partial charge < -0.3 is 41.2 Å². The van der Waals surface area contributed by atoms with Gasteiger partial charge in [-0.25, -0.2) is 4.79 Å². The number of nitrogens with two attached hydrogens (primary N) is 2. The second kappa shape index (κ2) is 9.45. The molecule has 0 aliphatic carbocycles. The van der Waals surface area contributed by atoms with E-state index in [1.807, 2.05) is 0 Å². The zero-order valence-corrected chi connectivity index (χ0v) is 17.4. The van der Waals surface area contributed by atoms with E-state index in [2.05, 4.69) is 5.32 Å². The molecule has 12 nitrogen and oxygen atoms in total. The van der Waals surface area contributed by atoms with Gasteiger partial charge in [-0.15, -0.1) is 0 Å². The van der Waals surface area contributed by atoms with E-state index < -0.39 is 43.1 Å². The van der Waals surface area contributed by atoms with Crippen molar-refractivity contribution in [3.05, 3.63) is 23.3 Å². The number of likely N-dealkylation sites (tertiary alicyclic amines) is 1. The van der Waals surface area contributed by atoms with Crippen LogP contribution in [-0.4, -0.2) is 77.1 Å². The number of carboxylic acid groups (broad SMARTS) is 1. The number of aryl methyl sites for hydroxylation is 1. The van der Waals surface area contributed by atoms with Crippen LogP contribution in [0.4, 0.5) is 0 Å². The Hall–Kier alpha value is -3.32. The lowest BCUT2D eigenvalue weighted by Gasteiger charge is -2.40. The number of nitrogens with zero attached hydrogens (tertiary/aromatic N) is 1. The molecule has 3 amide bonds. The van der Waals surface area contributed by atoms with Crippen molar-refractivity contribution >= 4 is 30.8 Å². The van der Waals surface area contributed by atoms with Gasteiger partial charge in [0.2, 0.25) is 17.7 Å². The van der Waals surface area contributed by atoms with Crippen LogP contribution in [0.25, 0.3) is 0 Å². The number of hydrogen-bond donors (Lipinski definition) is 5. The van der Waals surface area contributed by atoms with Gasteiger partial charge in [-0.3, -0.25) is 14.4 Å². The van der Waals surface area contributed by atoms with Crippen LogP contribution in [0, 0.1) is 0 Å². The molecule has 0 unspecified atom stereocenters. The van der Waals surface area contributed by atoms with Crippen molar-refractivity contribution < 1.29 is 38.7 Å². The summed E-state index contributed by atoms with van der Waals surface area (Å²) in [6.45, 7) is 1.86. The van der Waals surface area contributed by atoms with Crippen molar-refractivity contribution in [1.29, 1.82) is 0 Å². The van der Waals surface area contributed by atoms with Crippen LogP contribution in [-0.2, 0) is 20.8 Å². The van der Waals surface area contributed by atoms with Crippen LogP contribution in [0.3, 0.4) is 0 Å². The molecule has 0 bridgehead atoms. The minimum absolute atomic E-state index is 0.0845. The average molecular weight is 448 g/mol. The van der Waals surface area contributed by atoms with Crippen LogP contribution in [0.2, 0.25) is 6.32 Å². The Kier molecular flexibility index (Phi) is 6.89. The van der Waals surface area contributed by atoms with Gasteiger partial charge in [0.25, 0.3) is 0 Å². The van der Waals surface area contributed by atoms with Crippen LogP contribution in [0.5, 0.6) is 11.5 Å². The number of ether oxygens (including phenoxy) is 1. The first-order chi connectivity index (χ1) is 15.1. The smallest absolute Gasteiger partial charge is 0.522 e. The lowest BCUT2D eigenvalue weighted by Crippen LogP contribution is -2.61. The highest BCUT2D eigenvalue weighted by atomic mass is 16.5. The Labute approximate surface area is 184 Å². The van der Waals surface area contributed by atoms with Gasteiger partial charge in [-0.05, 0) is 31.3 Å². The van der Waals surface area contributed by atoms with E-state index in [-0.39, 0.29) is 42.5 Å². The number of amides is 3. The van der Waals surface area contributed by atoms with Crippen molar-refractivity contribution in [2.45, 2.75) is 44.3 Å². The zero-order valence-electron chi connectivity index (χ0n) is 17.4. The van der Waals surface area contributed by atoms with Crippen molar-refractivity contribution in [2.24, 2.45) is 11.5 Å². The molecular weight excluding hydrogens is 423 g/mol. The number of aromatic carboxylic acids is 1. The quantitative estimate of drug-likeness (QED) is 0.282. The second-order valence-corrected chi connectivity index (χ2v) is 7.83. The molecule has 172 valence electrons. The number of carboxylic acids is 1. The minimum atomic E-state index is -1.25. The zero-order chi connectivity index (χ0) is 23.6. The molecule has 0 spiro atoms. The third kappa shape index (κ3) is 5.11. The van der Waals surface area contributed by atoms with Crippen LogP contribution in [0.1, 0.15) is 29.3 Å². The van der Waals surface area contributed by atoms with E-state index in [4.69, 9.17) is 20.9 Å². The Balaban J connectivity index is 1.58. The number of benzene rings is 1. The van der Waals surface area contributed by atoms with Gasteiger partial charge >= 0.3 is 13.1 Å². The Morgan fingerprint density at radius 2 is 2.03 bits per heavy atom. The van der Waals surface area contributed by atoms with Crippen LogP contribution in [0.15, 0.2) is 12.1 Å². The van der Waals surface area contributed by atoms with Crippen LogP contribution >= 0.6 is 0 Å². The summed E-state index contributed by atoms with van der Waals surface area (Å²) in [7, 11) is -1.08. The summed E-state index contributed by atoms with van der Waals surface area (Å²) in [6, 6.07) is 1.21. The molecule has 2 aliphatic heterocycles. The van der Waals surface area contributed by atoms with E-state index in [1.54, 1.807) is 6.07 Å². The van der Waals surface area contributed by atoms with E-state index in [9.17, 15) is 29.3 Å². The molecule has 7 N–H and O–H groups in total. The fraction of sp³-hybridized carbons (Fsp3) is 0.474. The summed E-state index contributed by atoms with van der Waals surface area (Å²) in [5, 5.41) is 21.8. The van der Waals surface area contributed by atoms with E-state index in [0.717, 1.165) is 0 Å². The maximum absolute atomic E-state index is 12.5. The van der Waals surface area contributed by atoms with Gasteiger partial charge in [-0.2, -0.15) is 0 Å². The molecule has 1 fully saturated rings. The monoisotopic (exact) mass is 448 g/mol. The van der Waals surface area contributed by atoms with E-state index in [1.165, 1.54) is 17.9 Å². The maximum Gasteiger partial charge on any atom is 0.522 e. The highest BCUT2D eigenvalue weighted by Gasteiger charge is 2.37. The predicted octanol–water partition coefficient (Wildman–Crippen LogP) is -1.90. The Bertz CT molecular complexity index is 936. The molecule has 13 heteroatoms. The van der Waals surface area contributed by atoms with Crippen molar-refractivity contribution in [1.82, 2.24) is 10.2 Å². The molecule has 32 heavy (non-hydrogen) atoms. The van der Waals surface area contributed by atoms with Crippen molar-refractivity contribution in [3.8, 4) is 11.5 Å². The first-order valence-corrected chi connectivity index (χ1v) is 10.1. The highest BCUT2D eigenvalue weighted by Crippen LogP contribution is 2.37. The number of carbonyl (C=O) groups excluding carboxylic acids is 3. The number of rotatable bonds is 8. The standard InChI is InChI=1S/C19H25BN4O8/c1-9(23-17(26)12(21)6-14(22)25)18(27)24-7-11(8-24)31-13-3-2-10-4-5-20(30)32-16(10)15(13)19(28)29/h2-3,9,11-12,30H,4-8,21H2,1H3,(H2,22,25)(H,23,26)(H,28,29)/t9-,12-/m1/s1. The Morgan fingerprint density at radius 3 is 2.66 bits per heavy atom. The third-order valence-electron chi connectivity index (χ3n) is 5.27. The van der Waals surface area contributed by atoms with Gasteiger partial charge in [0.15, 0.2) is 0 Å². The number of nitrogens with one attached hydrogen (secondary N) is 1. The normalized spacial score (nSPS) is 17.3. The summed E-state index contributed by atoms with van der Waals surface area (Å²) in [5.41, 5.74) is 11.1. The van der Waals surface area contributed by atoms with E-state index in [0.29, 0.717) is 18.3 Å². The van der Waals surface area contributed by atoms with Crippen molar-refractivity contribution in [3.63, 3.8) is 0 Å². The first-order valence-electron chi connectivity index (χ1n) is 10.1. The largest absolute Gasteiger partial charge is 0.535 e. The second-order valence-electron chi connectivity index (χ2n) is 7.83. The molecule has 3 rings (SSSR count). The van der Waals surface area contributed by atoms with Gasteiger partial charge in [-0.1, -0.05) is 6.07 Å². The van der Waals surface area contributed by atoms with Crippen molar-refractivity contribution in [2.75, 3.05) is 13.1 Å². The first kappa shape index (κ1) is 23.4. The SMILES string of the molecule is C[C@@H](NC(=O)[C@H](N)CC(N)=O)C(=O)N1CC(Oc2ccc3c(c2C(=O)O)OB(O)CC3)C1. The number of hydrogen-bond acceptors (Lipinski definition) is 8. The molecule has 0 radical (unpaired) electrons. The average Bonchev–Trinajstić information content (AvgIpc) is 2.68. The maximum atomic E-state index is 12.5. The molecule has 1 saturated heterocycles. The van der Waals surface area contributed by atoms with E-state index >= 15 is 0 Å². The summed E-state index contributed by atoms with van der Waals surface area (Å²) >= 11 is 0. The molecule has 0 saturated carbocycles. The molecule has 2 heterocycles. The van der Waals surface area contributed by atoms with Gasteiger partial charge in [0, 0.05) is 0 Å². The lowest BCUT2D eigenvalue weighted by molar-refractivity contribution is -0.143. The molecule has 0 aromatic heterocycles. The topological polar surface area (TPSA) is 195 Å². The molecule has 1 aromatic rings. The predicted molar refractivity (Wildman–Crippen MR) is 111 cm³/mol. The highest BCUT2D eigenvalue weighted by molar-refractivity contribution is 6.44. The summed E-state index contributed by atoms with van der Waals surface area (Å²) in [5.74, 6) is -2.84. The molecule has 1 aromatic carbocycles. The number of fused-ring (bicyclic) bond motifs is 1. The summed E-state index contributed by atoms with van der Waals surface area (Å²) in [4.78, 5) is 48.5. The number of carbonyl (C=O) groups is 4. The third-order valence-corrected chi connectivity index (χ3v) is 5.27. The fourth-order valence-corrected chi connectivity index (χ4v) is 3.55. The summed E-state index contributed by atoms with van der Waals surface area (Å²) < 4.78 is 11.1. The summed E-state index contributed by atoms with van der Waals surface area (Å²) in [6.07, 6.45) is 0.0623. The molecular formula is C19H25BN4O8. The fourth-order valence-electron chi connectivity index (χ4n) is 3.55. The van der Waals surface area contributed by atoms with Crippen LogP contribution < -0.4 is 26.2 Å². The molecule has 2 aliphatic rings. The van der Waals surface area contributed by atoms with Gasteiger partial charge in [0.1, 0.15) is 29.2 Å². The Morgan fingerprint density at radius 1 is 1.34 bits per heavy atom. The lowest BCUT2D eigenvalue weighted by atomic mass is 9.78.